The van der Waals surface area contributed by atoms with Crippen LogP contribution in [0.15, 0.2) is 54.6 Å². The van der Waals surface area contributed by atoms with E-state index in [1.165, 1.54) is 0 Å². The van der Waals surface area contributed by atoms with E-state index in [4.69, 9.17) is 9.47 Å². The van der Waals surface area contributed by atoms with Crippen molar-refractivity contribution in [3.8, 4) is 0 Å². The molecule has 0 aliphatic carbocycles. The van der Waals surface area contributed by atoms with Gasteiger partial charge in [-0.25, -0.2) is 0 Å². The first-order chi connectivity index (χ1) is 13.3. The number of carbonyl (C=O) groups excluding carboxylic acids is 1. The van der Waals surface area contributed by atoms with Gasteiger partial charge in [0.05, 0.1) is 18.6 Å². The van der Waals surface area contributed by atoms with Gasteiger partial charge in [0.25, 0.3) is 0 Å². The van der Waals surface area contributed by atoms with Crippen LogP contribution in [0.4, 0.5) is 11.4 Å². The third kappa shape index (κ3) is 3.84. The molecule has 2 heterocycles. The molecule has 0 spiro atoms. The summed E-state index contributed by atoms with van der Waals surface area (Å²) in [5.41, 5.74) is 2.49. The van der Waals surface area contributed by atoms with E-state index < -0.39 is 5.41 Å². The van der Waals surface area contributed by atoms with E-state index in [0.29, 0.717) is 26.1 Å². The molecule has 0 saturated carbocycles. The van der Waals surface area contributed by atoms with Crippen molar-refractivity contribution in [1.29, 1.82) is 0 Å². The molecule has 2 fully saturated rings. The van der Waals surface area contributed by atoms with E-state index in [9.17, 15) is 4.79 Å². The van der Waals surface area contributed by atoms with E-state index in [-0.39, 0.29) is 5.91 Å². The van der Waals surface area contributed by atoms with Crippen molar-refractivity contribution >= 4 is 17.3 Å². The first-order valence-electron chi connectivity index (χ1n) is 9.65. The summed E-state index contributed by atoms with van der Waals surface area (Å²) < 4.78 is 11.0. The van der Waals surface area contributed by atoms with Crippen LogP contribution in [0.25, 0.3) is 0 Å². The van der Waals surface area contributed by atoms with Crippen molar-refractivity contribution in [2.75, 3.05) is 49.7 Å². The van der Waals surface area contributed by atoms with Gasteiger partial charge in [0.1, 0.15) is 0 Å². The van der Waals surface area contributed by atoms with E-state index in [0.717, 1.165) is 43.2 Å². The van der Waals surface area contributed by atoms with Crippen LogP contribution in [-0.4, -0.2) is 45.4 Å². The van der Waals surface area contributed by atoms with Gasteiger partial charge in [-0.1, -0.05) is 36.4 Å². The van der Waals surface area contributed by atoms with Gasteiger partial charge in [0.2, 0.25) is 5.91 Å². The Morgan fingerprint density at radius 3 is 2.33 bits per heavy atom. The summed E-state index contributed by atoms with van der Waals surface area (Å²) in [5.74, 6) is 0.0520. The van der Waals surface area contributed by atoms with Gasteiger partial charge in [0.15, 0.2) is 0 Å². The first kappa shape index (κ1) is 18.0. The highest BCUT2D eigenvalue weighted by Gasteiger charge is 2.41. The molecule has 0 bridgehead atoms. The van der Waals surface area contributed by atoms with Crippen LogP contribution in [-0.2, 0) is 19.7 Å². The Kier molecular flexibility index (Phi) is 5.41. The topological polar surface area (TPSA) is 50.8 Å². The zero-order valence-electron chi connectivity index (χ0n) is 15.5. The van der Waals surface area contributed by atoms with Gasteiger partial charge in [0, 0.05) is 37.7 Å². The van der Waals surface area contributed by atoms with Crippen molar-refractivity contribution in [2.45, 2.75) is 18.3 Å². The predicted octanol–water partition coefficient (Wildman–Crippen LogP) is 3.21. The second kappa shape index (κ2) is 8.11. The van der Waals surface area contributed by atoms with Crippen LogP contribution in [0.2, 0.25) is 0 Å². The monoisotopic (exact) mass is 366 g/mol. The minimum absolute atomic E-state index is 0.0520. The number of nitrogens with one attached hydrogen (secondary N) is 1. The maximum absolute atomic E-state index is 13.4. The Morgan fingerprint density at radius 1 is 0.889 bits per heavy atom. The maximum atomic E-state index is 13.4. The molecule has 2 aliphatic heterocycles. The second-order valence-corrected chi connectivity index (χ2v) is 7.16. The number of hydrogen-bond acceptors (Lipinski definition) is 4. The zero-order valence-corrected chi connectivity index (χ0v) is 15.5. The molecule has 27 heavy (non-hydrogen) atoms. The van der Waals surface area contributed by atoms with Crippen LogP contribution >= 0.6 is 0 Å². The van der Waals surface area contributed by atoms with Crippen LogP contribution in [0.1, 0.15) is 18.4 Å². The highest BCUT2D eigenvalue weighted by molar-refractivity contribution is 5.99. The summed E-state index contributed by atoms with van der Waals surface area (Å²) in [6, 6.07) is 18.2. The normalized spacial score (nSPS) is 19.5. The Hall–Kier alpha value is -2.37. The average Bonchev–Trinajstić information content (AvgIpc) is 2.75. The average molecular weight is 366 g/mol. The fourth-order valence-corrected chi connectivity index (χ4v) is 3.98. The van der Waals surface area contributed by atoms with Crippen molar-refractivity contribution in [3.05, 3.63) is 60.2 Å². The highest BCUT2D eigenvalue weighted by Crippen LogP contribution is 2.36. The molecule has 0 radical (unpaired) electrons. The number of hydrogen-bond donors (Lipinski definition) is 1. The number of morpholine rings is 1. The SMILES string of the molecule is O=C(Nc1cccc(N2CCOCC2)c1)C1(c2ccccc2)CCOCC1. The lowest BCUT2D eigenvalue weighted by Crippen LogP contribution is -2.44. The summed E-state index contributed by atoms with van der Waals surface area (Å²) in [5, 5.41) is 3.18. The van der Waals surface area contributed by atoms with E-state index >= 15 is 0 Å². The lowest BCUT2D eigenvalue weighted by molar-refractivity contribution is -0.125. The number of anilines is 2. The van der Waals surface area contributed by atoms with Gasteiger partial charge in [-0.05, 0) is 36.6 Å². The van der Waals surface area contributed by atoms with Crippen LogP contribution in [0.5, 0.6) is 0 Å². The van der Waals surface area contributed by atoms with Crippen molar-refractivity contribution in [2.24, 2.45) is 0 Å². The quantitative estimate of drug-likeness (QED) is 0.903. The third-order valence-corrected chi connectivity index (χ3v) is 5.59. The molecule has 1 N–H and O–H groups in total. The summed E-state index contributed by atoms with van der Waals surface area (Å²) in [4.78, 5) is 15.7. The molecule has 2 aromatic carbocycles. The number of amides is 1. The molecular formula is C22H26N2O3. The highest BCUT2D eigenvalue weighted by atomic mass is 16.5. The minimum atomic E-state index is -0.533. The van der Waals surface area contributed by atoms with Gasteiger partial charge in [-0.2, -0.15) is 0 Å². The second-order valence-electron chi connectivity index (χ2n) is 7.16. The van der Waals surface area contributed by atoms with Crippen LogP contribution < -0.4 is 10.2 Å². The fourth-order valence-electron chi connectivity index (χ4n) is 3.98. The van der Waals surface area contributed by atoms with E-state index in [2.05, 4.69) is 34.5 Å². The standard InChI is InChI=1S/C22H26N2O3/c25-21(22(9-13-26-14-10-22)18-5-2-1-3-6-18)23-19-7-4-8-20(17-19)24-11-15-27-16-12-24/h1-8,17H,9-16H2,(H,23,25). The number of ether oxygens (including phenoxy) is 2. The number of benzene rings is 2. The van der Waals surface area contributed by atoms with Crippen molar-refractivity contribution in [3.63, 3.8) is 0 Å². The summed E-state index contributed by atoms with van der Waals surface area (Å²) in [6.07, 6.45) is 1.40. The Morgan fingerprint density at radius 2 is 1.59 bits per heavy atom. The Labute approximate surface area is 160 Å². The Bertz CT molecular complexity index is 766. The largest absolute Gasteiger partial charge is 0.381 e. The molecular weight excluding hydrogens is 340 g/mol. The molecule has 2 aliphatic rings. The summed E-state index contributed by atoms with van der Waals surface area (Å²) in [7, 11) is 0. The Balaban J connectivity index is 1.56. The molecule has 5 nitrogen and oxygen atoms in total. The first-order valence-corrected chi connectivity index (χ1v) is 9.65. The lowest BCUT2D eigenvalue weighted by atomic mass is 9.73. The zero-order chi connectivity index (χ0) is 18.5. The lowest BCUT2D eigenvalue weighted by Gasteiger charge is -2.36. The van der Waals surface area contributed by atoms with Crippen molar-refractivity contribution in [1.82, 2.24) is 0 Å². The predicted molar refractivity (Wildman–Crippen MR) is 106 cm³/mol. The van der Waals surface area contributed by atoms with Crippen LogP contribution in [0, 0.1) is 0 Å². The molecule has 4 rings (SSSR count). The molecule has 2 saturated heterocycles. The molecule has 1 amide bonds. The van der Waals surface area contributed by atoms with E-state index in [1.807, 2.05) is 30.3 Å². The molecule has 142 valence electrons. The molecule has 5 heteroatoms. The van der Waals surface area contributed by atoms with Gasteiger partial charge < -0.3 is 19.7 Å². The molecule has 0 atom stereocenters. The van der Waals surface area contributed by atoms with Gasteiger partial charge in [-0.15, -0.1) is 0 Å². The number of carbonyl (C=O) groups is 1. The van der Waals surface area contributed by atoms with Crippen molar-refractivity contribution < 1.29 is 14.3 Å². The minimum Gasteiger partial charge on any atom is -0.381 e. The fraction of sp³-hybridized carbons (Fsp3) is 0.409. The van der Waals surface area contributed by atoms with Crippen LogP contribution in [0.3, 0.4) is 0 Å². The smallest absolute Gasteiger partial charge is 0.235 e. The van der Waals surface area contributed by atoms with E-state index in [1.54, 1.807) is 0 Å². The molecule has 0 unspecified atom stereocenters. The van der Waals surface area contributed by atoms with Gasteiger partial charge >= 0.3 is 0 Å². The third-order valence-electron chi connectivity index (χ3n) is 5.59. The number of nitrogens with zero attached hydrogens (tertiary/aromatic N) is 1. The summed E-state index contributed by atoms with van der Waals surface area (Å²) >= 11 is 0. The summed E-state index contributed by atoms with van der Waals surface area (Å²) in [6.45, 7) is 4.46. The molecule has 0 aromatic heterocycles. The molecule has 2 aromatic rings. The number of rotatable bonds is 4. The maximum Gasteiger partial charge on any atom is 0.235 e. The van der Waals surface area contributed by atoms with Gasteiger partial charge in [-0.3, -0.25) is 4.79 Å².